The standard InChI is InChI=1S/C19H21NO4/c1-14-5-2-3-6-17(14)24-12-4-7-18(21)20-13-15-8-10-16(11-9-15)19(22)23/h2-3,5-6,8-11H,4,7,12-13H2,1H3,(H,20,21)(H,22,23). The van der Waals surface area contributed by atoms with E-state index in [4.69, 9.17) is 9.84 Å². The minimum atomic E-state index is -0.959. The summed E-state index contributed by atoms with van der Waals surface area (Å²) in [6.07, 6.45) is 1.03. The highest BCUT2D eigenvalue weighted by atomic mass is 16.5. The summed E-state index contributed by atoms with van der Waals surface area (Å²) < 4.78 is 5.65. The molecule has 0 unspecified atom stereocenters. The maximum absolute atomic E-state index is 11.8. The summed E-state index contributed by atoms with van der Waals surface area (Å²) in [5.74, 6) is -0.165. The second-order valence-electron chi connectivity index (χ2n) is 5.50. The molecular weight excluding hydrogens is 306 g/mol. The summed E-state index contributed by atoms with van der Waals surface area (Å²) in [5, 5.41) is 11.6. The number of amides is 1. The molecule has 2 aromatic carbocycles. The predicted octanol–water partition coefficient (Wildman–Crippen LogP) is 3.17. The van der Waals surface area contributed by atoms with E-state index >= 15 is 0 Å². The molecule has 2 aromatic rings. The number of carbonyl (C=O) groups excluding carboxylic acids is 1. The number of rotatable bonds is 8. The van der Waals surface area contributed by atoms with Gasteiger partial charge in [-0.1, -0.05) is 30.3 Å². The Kier molecular flexibility index (Phi) is 6.37. The zero-order valence-corrected chi connectivity index (χ0v) is 13.6. The number of hydrogen-bond acceptors (Lipinski definition) is 3. The molecule has 0 aromatic heterocycles. The van der Waals surface area contributed by atoms with Gasteiger partial charge in [0, 0.05) is 13.0 Å². The summed E-state index contributed by atoms with van der Waals surface area (Å²) in [5.41, 5.74) is 2.18. The lowest BCUT2D eigenvalue weighted by atomic mass is 10.1. The second kappa shape index (κ2) is 8.72. The Bertz CT molecular complexity index is 695. The van der Waals surface area contributed by atoms with Crippen molar-refractivity contribution in [1.29, 1.82) is 0 Å². The quantitative estimate of drug-likeness (QED) is 0.730. The zero-order valence-electron chi connectivity index (χ0n) is 13.6. The average Bonchev–Trinajstić information content (AvgIpc) is 2.58. The van der Waals surface area contributed by atoms with E-state index in [0.29, 0.717) is 26.0 Å². The van der Waals surface area contributed by atoms with E-state index in [-0.39, 0.29) is 11.5 Å². The van der Waals surface area contributed by atoms with Crippen LogP contribution < -0.4 is 10.1 Å². The van der Waals surface area contributed by atoms with Crippen molar-refractivity contribution in [3.8, 4) is 5.75 Å². The molecule has 0 spiro atoms. The van der Waals surface area contributed by atoms with Crippen LogP contribution in [0.5, 0.6) is 5.75 Å². The second-order valence-corrected chi connectivity index (χ2v) is 5.50. The molecule has 2 rings (SSSR count). The summed E-state index contributed by atoms with van der Waals surface area (Å²) in [6, 6.07) is 14.2. The van der Waals surface area contributed by atoms with E-state index in [2.05, 4.69) is 5.32 Å². The van der Waals surface area contributed by atoms with Gasteiger partial charge in [-0.2, -0.15) is 0 Å². The highest BCUT2D eigenvalue weighted by Gasteiger charge is 2.04. The number of hydrogen-bond donors (Lipinski definition) is 2. The van der Waals surface area contributed by atoms with Gasteiger partial charge < -0.3 is 15.2 Å². The molecule has 126 valence electrons. The van der Waals surface area contributed by atoms with Gasteiger partial charge in [0.15, 0.2) is 0 Å². The van der Waals surface area contributed by atoms with Crippen molar-refractivity contribution in [2.24, 2.45) is 0 Å². The Morgan fingerprint density at radius 2 is 1.79 bits per heavy atom. The van der Waals surface area contributed by atoms with Gasteiger partial charge >= 0.3 is 5.97 Å². The van der Waals surface area contributed by atoms with Gasteiger partial charge in [0.05, 0.1) is 12.2 Å². The van der Waals surface area contributed by atoms with Gasteiger partial charge in [0.25, 0.3) is 0 Å². The number of carboxylic acid groups (broad SMARTS) is 1. The molecule has 5 nitrogen and oxygen atoms in total. The summed E-state index contributed by atoms with van der Waals surface area (Å²) in [4.78, 5) is 22.6. The van der Waals surface area contributed by atoms with E-state index in [1.165, 1.54) is 12.1 Å². The minimum Gasteiger partial charge on any atom is -0.493 e. The maximum Gasteiger partial charge on any atom is 0.335 e. The molecule has 0 saturated heterocycles. The van der Waals surface area contributed by atoms with Crippen molar-refractivity contribution in [3.05, 3.63) is 65.2 Å². The molecule has 24 heavy (non-hydrogen) atoms. The van der Waals surface area contributed by atoms with E-state index < -0.39 is 5.97 Å². The van der Waals surface area contributed by atoms with Crippen LogP contribution in [0.3, 0.4) is 0 Å². The molecule has 1 amide bonds. The van der Waals surface area contributed by atoms with Crippen LogP contribution in [0.15, 0.2) is 48.5 Å². The highest BCUT2D eigenvalue weighted by Crippen LogP contribution is 2.16. The number of nitrogens with one attached hydrogen (secondary N) is 1. The Balaban J connectivity index is 1.66. The van der Waals surface area contributed by atoms with Gasteiger partial charge in [-0.15, -0.1) is 0 Å². The SMILES string of the molecule is Cc1ccccc1OCCCC(=O)NCc1ccc(C(=O)O)cc1. The number of aryl methyl sites for hydroxylation is 1. The van der Waals surface area contributed by atoms with Crippen molar-refractivity contribution in [3.63, 3.8) is 0 Å². The maximum atomic E-state index is 11.8. The van der Waals surface area contributed by atoms with Crippen molar-refractivity contribution in [2.45, 2.75) is 26.3 Å². The summed E-state index contributed by atoms with van der Waals surface area (Å²) in [6.45, 7) is 2.86. The normalized spacial score (nSPS) is 10.2. The molecule has 0 fully saturated rings. The third-order valence-electron chi connectivity index (χ3n) is 3.59. The Morgan fingerprint density at radius 3 is 2.46 bits per heavy atom. The van der Waals surface area contributed by atoms with Crippen LogP contribution in [0.25, 0.3) is 0 Å². The fourth-order valence-corrected chi connectivity index (χ4v) is 2.19. The van der Waals surface area contributed by atoms with E-state index in [0.717, 1.165) is 16.9 Å². The van der Waals surface area contributed by atoms with Crippen LogP contribution in [0.4, 0.5) is 0 Å². The Morgan fingerprint density at radius 1 is 1.08 bits per heavy atom. The fourth-order valence-electron chi connectivity index (χ4n) is 2.19. The molecular formula is C19H21NO4. The number of ether oxygens (including phenoxy) is 1. The monoisotopic (exact) mass is 327 g/mol. The summed E-state index contributed by atoms with van der Waals surface area (Å²) >= 11 is 0. The van der Waals surface area contributed by atoms with Crippen LogP contribution in [0.2, 0.25) is 0 Å². The average molecular weight is 327 g/mol. The van der Waals surface area contributed by atoms with Crippen LogP contribution in [-0.2, 0) is 11.3 Å². The van der Waals surface area contributed by atoms with Crippen molar-refractivity contribution in [1.82, 2.24) is 5.32 Å². The Hall–Kier alpha value is -2.82. The first kappa shape index (κ1) is 17.5. The Labute approximate surface area is 141 Å². The van der Waals surface area contributed by atoms with Gasteiger partial charge in [-0.25, -0.2) is 4.79 Å². The van der Waals surface area contributed by atoms with Gasteiger partial charge in [0.1, 0.15) is 5.75 Å². The molecule has 0 radical (unpaired) electrons. The van der Waals surface area contributed by atoms with Gasteiger partial charge in [-0.05, 0) is 42.7 Å². The first-order chi connectivity index (χ1) is 11.6. The number of benzene rings is 2. The van der Waals surface area contributed by atoms with Gasteiger partial charge in [0.2, 0.25) is 5.91 Å². The van der Waals surface area contributed by atoms with Crippen molar-refractivity contribution < 1.29 is 19.4 Å². The van der Waals surface area contributed by atoms with Crippen LogP contribution in [0, 0.1) is 6.92 Å². The molecule has 0 bridgehead atoms. The van der Waals surface area contributed by atoms with Crippen LogP contribution in [-0.4, -0.2) is 23.6 Å². The van der Waals surface area contributed by atoms with E-state index in [1.807, 2.05) is 31.2 Å². The lowest BCUT2D eigenvalue weighted by Gasteiger charge is -2.09. The molecule has 5 heteroatoms. The highest BCUT2D eigenvalue weighted by molar-refractivity contribution is 5.87. The zero-order chi connectivity index (χ0) is 17.4. The van der Waals surface area contributed by atoms with Crippen LogP contribution >= 0.6 is 0 Å². The number of carbonyl (C=O) groups is 2. The number of aromatic carboxylic acids is 1. The molecule has 0 saturated carbocycles. The first-order valence-corrected chi connectivity index (χ1v) is 7.83. The smallest absolute Gasteiger partial charge is 0.335 e. The van der Waals surface area contributed by atoms with Gasteiger partial charge in [-0.3, -0.25) is 4.79 Å². The van der Waals surface area contributed by atoms with Crippen LogP contribution in [0.1, 0.15) is 34.3 Å². The third kappa shape index (κ3) is 5.43. The topological polar surface area (TPSA) is 75.6 Å². The largest absolute Gasteiger partial charge is 0.493 e. The molecule has 0 aliphatic carbocycles. The number of para-hydroxylation sites is 1. The molecule has 0 atom stereocenters. The molecule has 0 aliphatic heterocycles. The lowest BCUT2D eigenvalue weighted by Crippen LogP contribution is -2.23. The van der Waals surface area contributed by atoms with E-state index in [1.54, 1.807) is 12.1 Å². The predicted molar refractivity (Wildman–Crippen MR) is 91.2 cm³/mol. The fraction of sp³-hybridized carbons (Fsp3) is 0.263. The third-order valence-corrected chi connectivity index (χ3v) is 3.59. The van der Waals surface area contributed by atoms with Crippen molar-refractivity contribution in [2.75, 3.05) is 6.61 Å². The molecule has 2 N–H and O–H groups in total. The lowest BCUT2D eigenvalue weighted by molar-refractivity contribution is -0.121. The first-order valence-electron chi connectivity index (χ1n) is 7.83. The van der Waals surface area contributed by atoms with Crippen molar-refractivity contribution >= 4 is 11.9 Å². The number of carboxylic acids is 1. The molecule has 0 aliphatic rings. The minimum absolute atomic E-state index is 0.0503. The van der Waals surface area contributed by atoms with E-state index in [9.17, 15) is 9.59 Å². The molecule has 0 heterocycles. The summed E-state index contributed by atoms with van der Waals surface area (Å²) in [7, 11) is 0.